The number of nitrogens with zero attached hydrogens (tertiary/aromatic N) is 1. The van der Waals surface area contributed by atoms with Crippen molar-refractivity contribution in [3.63, 3.8) is 0 Å². The van der Waals surface area contributed by atoms with Crippen molar-refractivity contribution < 1.29 is 17.9 Å². The summed E-state index contributed by atoms with van der Waals surface area (Å²) in [6, 6.07) is 6.11. The highest BCUT2D eigenvalue weighted by molar-refractivity contribution is 7.89. The van der Waals surface area contributed by atoms with Gasteiger partial charge in [0, 0.05) is 0 Å². The molecule has 0 aliphatic heterocycles. The maximum absolute atomic E-state index is 11.5. The smallest absolute Gasteiger partial charge is 0.427 e. The lowest BCUT2D eigenvalue weighted by atomic mass is 10.1. The standard InChI is InChI=1S/C11H15N3O4S/c1-8(13-14-11(15)18-3)9-4-6-10(7-5-9)19(16,17)12-2/h4-7,12H,1-3H3,(H,14,15)/b13-8-. The number of carbonyl (C=O) groups excluding carboxylic acids is 1. The van der Waals surface area contributed by atoms with E-state index >= 15 is 0 Å². The van der Waals surface area contributed by atoms with Crippen molar-refractivity contribution in [2.24, 2.45) is 5.10 Å². The Labute approximate surface area is 111 Å². The second-order valence-corrected chi connectivity index (χ2v) is 5.42. The molecule has 8 heteroatoms. The summed E-state index contributed by atoms with van der Waals surface area (Å²) in [6.07, 6.45) is -0.672. The molecule has 1 amide bonds. The number of ether oxygens (including phenoxy) is 1. The van der Waals surface area contributed by atoms with Gasteiger partial charge in [0.15, 0.2) is 0 Å². The van der Waals surface area contributed by atoms with E-state index in [0.717, 1.165) is 0 Å². The molecular formula is C11H15N3O4S. The third-order valence-electron chi connectivity index (χ3n) is 2.35. The Morgan fingerprint density at radius 2 is 1.84 bits per heavy atom. The molecule has 1 aromatic rings. The van der Waals surface area contributed by atoms with E-state index in [1.54, 1.807) is 19.1 Å². The van der Waals surface area contributed by atoms with Crippen molar-refractivity contribution in [3.8, 4) is 0 Å². The van der Waals surface area contributed by atoms with Gasteiger partial charge in [-0.1, -0.05) is 12.1 Å². The molecule has 0 fully saturated rings. The monoisotopic (exact) mass is 285 g/mol. The Hall–Kier alpha value is -1.93. The summed E-state index contributed by atoms with van der Waals surface area (Å²) in [4.78, 5) is 11.0. The minimum absolute atomic E-state index is 0.160. The topological polar surface area (TPSA) is 96.9 Å². The van der Waals surface area contributed by atoms with Crippen LogP contribution < -0.4 is 10.1 Å². The van der Waals surface area contributed by atoms with Gasteiger partial charge in [-0.25, -0.2) is 23.4 Å². The molecule has 1 rings (SSSR count). The zero-order valence-corrected chi connectivity index (χ0v) is 11.6. The average Bonchev–Trinajstić information content (AvgIpc) is 2.44. The predicted molar refractivity (Wildman–Crippen MR) is 70.4 cm³/mol. The molecule has 0 saturated carbocycles. The summed E-state index contributed by atoms with van der Waals surface area (Å²) in [7, 11) is -0.873. The molecule has 0 aliphatic carbocycles. The first-order chi connectivity index (χ1) is 8.90. The van der Waals surface area contributed by atoms with Crippen LogP contribution in [-0.2, 0) is 14.8 Å². The number of carbonyl (C=O) groups is 1. The molecule has 0 unspecified atom stereocenters. The van der Waals surface area contributed by atoms with Crippen LogP contribution in [0.5, 0.6) is 0 Å². The molecule has 7 nitrogen and oxygen atoms in total. The summed E-state index contributed by atoms with van der Waals surface area (Å²) in [5.74, 6) is 0. The van der Waals surface area contributed by atoms with Crippen molar-refractivity contribution in [2.45, 2.75) is 11.8 Å². The number of amides is 1. The Morgan fingerprint density at radius 3 is 2.32 bits per heavy atom. The van der Waals surface area contributed by atoms with Gasteiger partial charge in [0.25, 0.3) is 0 Å². The van der Waals surface area contributed by atoms with E-state index in [-0.39, 0.29) is 4.90 Å². The lowest BCUT2D eigenvalue weighted by molar-refractivity contribution is 0.171. The fourth-order valence-electron chi connectivity index (χ4n) is 1.23. The van der Waals surface area contributed by atoms with Crippen molar-refractivity contribution in [3.05, 3.63) is 29.8 Å². The lowest BCUT2D eigenvalue weighted by Crippen LogP contribution is -2.19. The van der Waals surface area contributed by atoms with Crippen LogP contribution in [-0.4, -0.2) is 34.4 Å². The maximum Gasteiger partial charge on any atom is 0.427 e. The fourth-order valence-corrected chi connectivity index (χ4v) is 1.96. The van der Waals surface area contributed by atoms with Gasteiger partial charge in [0.05, 0.1) is 17.7 Å². The number of hydrazone groups is 1. The second-order valence-electron chi connectivity index (χ2n) is 3.53. The van der Waals surface area contributed by atoms with Crippen molar-refractivity contribution in [2.75, 3.05) is 14.2 Å². The van der Waals surface area contributed by atoms with E-state index in [9.17, 15) is 13.2 Å². The van der Waals surface area contributed by atoms with Crippen LogP contribution in [0.4, 0.5) is 4.79 Å². The van der Waals surface area contributed by atoms with Gasteiger partial charge in [-0.05, 0) is 31.7 Å². The van der Waals surface area contributed by atoms with Crippen molar-refractivity contribution >= 4 is 21.8 Å². The fraction of sp³-hybridized carbons (Fsp3) is 0.273. The van der Waals surface area contributed by atoms with E-state index in [1.807, 2.05) is 0 Å². The van der Waals surface area contributed by atoms with Crippen LogP contribution in [0.25, 0.3) is 0 Å². The van der Waals surface area contributed by atoms with Crippen LogP contribution in [0.1, 0.15) is 12.5 Å². The highest BCUT2D eigenvalue weighted by Gasteiger charge is 2.10. The maximum atomic E-state index is 11.5. The van der Waals surface area contributed by atoms with Gasteiger partial charge in [-0.15, -0.1) is 0 Å². The van der Waals surface area contributed by atoms with Crippen LogP contribution in [0.15, 0.2) is 34.3 Å². The summed E-state index contributed by atoms with van der Waals surface area (Å²) >= 11 is 0. The zero-order chi connectivity index (χ0) is 14.5. The van der Waals surface area contributed by atoms with Crippen molar-refractivity contribution in [1.82, 2.24) is 10.1 Å². The molecule has 2 N–H and O–H groups in total. The van der Waals surface area contributed by atoms with E-state index in [2.05, 4.69) is 20.0 Å². The van der Waals surface area contributed by atoms with Crippen LogP contribution in [0, 0.1) is 0 Å². The molecule has 104 valence electrons. The number of methoxy groups -OCH3 is 1. The third kappa shape index (κ3) is 4.04. The molecule has 0 spiro atoms. The minimum Gasteiger partial charge on any atom is -0.452 e. The minimum atomic E-state index is -3.45. The highest BCUT2D eigenvalue weighted by Crippen LogP contribution is 2.10. The second kappa shape index (κ2) is 6.30. The van der Waals surface area contributed by atoms with Crippen LogP contribution in [0.2, 0.25) is 0 Å². The number of hydrogen-bond acceptors (Lipinski definition) is 5. The molecule has 0 bridgehead atoms. The molecule has 19 heavy (non-hydrogen) atoms. The van der Waals surface area contributed by atoms with Crippen molar-refractivity contribution in [1.29, 1.82) is 0 Å². The van der Waals surface area contributed by atoms with Gasteiger partial charge >= 0.3 is 6.09 Å². The first kappa shape index (κ1) is 15.1. The highest BCUT2D eigenvalue weighted by atomic mass is 32.2. The van der Waals surface area contributed by atoms with Gasteiger partial charge in [-0.2, -0.15) is 5.10 Å². The Kier molecular flexibility index (Phi) is 5.02. The van der Waals surface area contributed by atoms with Gasteiger partial charge in [-0.3, -0.25) is 0 Å². The first-order valence-electron chi connectivity index (χ1n) is 5.33. The summed E-state index contributed by atoms with van der Waals surface area (Å²) in [6.45, 7) is 1.68. The molecule has 0 atom stereocenters. The third-order valence-corrected chi connectivity index (χ3v) is 3.78. The van der Waals surface area contributed by atoms with Crippen LogP contribution >= 0.6 is 0 Å². The SMILES string of the molecule is CNS(=O)(=O)c1ccc(/C(C)=N\NC(=O)OC)cc1. The van der Waals surface area contributed by atoms with Gasteiger partial charge in [0.2, 0.25) is 10.0 Å². The molecule has 0 aliphatic rings. The van der Waals surface area contributed by atoms with E-state index in [4.69, 9.17) is 0 Å². The molecular weight excluding hydrogens is 270 g/mol. The Balaban J connectivity index is 2.90. The zero-order valence-electron chi connectivity index (χ0n) is 10.8. The van der Waals surface area contributed by atoms with Gasteiger partial charge in [0.1, 0.15) is 0 Å². The average molecular weight is 285 g/mol. The normalized spacial score (nSPS) is 12.1. The summed E-state index contributed by atoms with van der Waals surface area (Å²) in [5, 5.41) is 3.80. The quantitative estimate of drug-likeness (QED) is 0.628. The molecule has 1 aromatic carbocycles. The van der Waals surface area contributed by atoms with Gasteiger partial charge < -0.3 is 4.74 Å². The Morgan fingerprint density at radius 1 is 1.26 bits per heavy atom. The van der Waals surface area contributed by atoms with E-state index < -0.39 is 16.1 Å². The van der Waals surface area contributed by atoms with E-state index in [0.29, 0.717) is 11.3 Å². The Bertz CT molecular complexity index is 578. The number of rotatable bonds is 4. The molecule has 0 saturated heterocycles. The lowest BCUT2D eigenvalue weighted by Gasteiger charge is -2.05. The molecule has 0 radical (unpaired) electrons. The van der Waals surface area contributed by atoms with E-state index in [1.165, 1.54) is 26.3 Å². The predicted octanol–water partition coefficient (Wildman–Crippen LogP) is 0.675. The summed E-state index contributed by atoms with van der Waals surface area (Å²) < 4.78 is 29.6. The molecule has 0 aromatic heterocycles. The number of nitrogens with one attached hydrogen (secondary N) is 2. The van der Waals surface area contributed by atoms with Crippen LogP contribution in [0.3, 0.4) is 0 Å². The largest absolute Gasteiger partial charge is 0.452 e. The number of benzene rings is 1. The first-order valence-corrected chi connectivity index (χ1v) is 6.81. The number of sulfonamides is 1. The molecule has 0 heterocycles. The summed E-state index contributed by atoms with van der Waals surface area (Å²) in [5.41, 5.74) is 3.40. The number of hydrogen-bond donors (Lipinski definition) is 2.